The Balaban J connectivity index is 2.65. The van der Waals surface area contributed by atoms with Gasteiger partial charge in [0.25, 0.3) is 0 Å². The number of hydrogen-bond donors (Lipinski definition) is 1. The Hall–Kier alpha value is -1.35. The maximum atomic E-state index is 11.1. The average Bonchev–Trinajstić information content (AvgIpc) is 2.28. The van der Waals surface area contributed by atoms with Crippen molar-refractivity contribution in [3.63, 3.8) is 0 Å². The van der Waals surface area contributed by atoms with E-state index in [4.69, 9.17) is 5.73 Å². The van der Waals surface area contributed by atoms with Crippen molar-refractivity contribution >= 4 is 5.97 Å². The smallest absolute Gasteiger partial charge is 0.322 e. The van der Waals surface area contributed by atoms with Gasteiger partial charge in [0.15, 0.2) is 0 Å². The van der Waals surface area contributed by atoms with Crippen molar-refractivity contribution in [2.75, 3.05) is 7.11 Å². The van der Waals surface area contributed by atoms with Crippen LogP contribution < -0.4 is 5.73 Å². The van der Waals surface area contributed by atoms with E-state index in [1.54, 1.807) is 0 Å². The van der Waals surface area contributed by atoms with Crippen LogP contribution in [0.4, 0.5) is 0 Å². The zero-order valence-corrected chi connectivity index (χ0v) is 10.1. The van der Waals surface area contributed by atoms with E-state index in [9.17, 15) is 4.79 Å². The van der Waals surface area contributed by atoms with Gasteiger partial charge in [0.05, 0.1) is 7.11 Å². The highest BCUT2D eigenvalue weighted by Crippen LogP contribution is 2.15. The number of ether oxygens (including phenoxy) is 1. The van der Waals surface area contributed by atoms with E-state index in [1.807, 2.05) is 12.1 Å². The second-order valence-corrected chi connectivity index (χ2v) is 4.23. The molecule has 0 bridgehead atoms. The molecule has 0 fully saturated rings. The monoisotopic (exact) mass is 221 g/mol. The first-order chi connectivity index (χ1) is 7.54. The number of methoxy groups -OCH3 is 1. The summed E-state index contributed by atoms with van der Waals surface area (Å²) in [5.41, 5.74) is 8.03. The number of benzene rings is 1. The molecule has 3 nitrogen and oxygen atoms in total. The van der Waals surface area contributed by atoms with E-state index >= 15 is 0 Å². The second-order valence-electron chi connectivity index (χ2n) is 4.23. The summed E-state index contributed by atoms with van der Waals surface area (Å²) >= 11 is 0. The van der Waals surface area contributed by atoms with Crippen LogP contribution in [0.1, 0.15) is 30.9 Å². The normalized spacial score (nSPS) is 12.6. The zero-order chi connectivity index (χ0) is 12.1. The summed E-state index contributed by atoms with van der Waals surface area (Å²) in [7, 11) is 1.35. The molecule has 3 heteroatoms. The Kier molecular flexibility index (Phi) is 4.50. The van der Waals surface area contributed by atoms with Gasteiger partial charge in [-0.25, -0.2) is 0 Å². The maximum absolute atomic E-state index is 11.1. The lowest BCUT2D eigenvalue weighted by Crippen LogP contribution is -2.33. The first-order valence-corrected chi connectivity index (χ1v) is 5.47. The molecule has 1 rings (SSSR count). The van der Waals surface area contributed by atoms with Crippen molar-refractivity contribution in [3.05, 3.63) is 35.4 Å². The quantitative estimate of drug-likeness (QED) is 0.789. The molecule has 0 aliphatic heterocycles. The van der Waals surface area contributed by atoms with Crippen LogP contribution in [0.15, 0.2) is 24.3 Å². The van der Waals surface area contributed by atoms with Crippen LogP contribution in [0.2, 0.25) is 0 Å². The molecule has 0 heterocycles. The molecule has 0 aliphatic rings. The number of hydrogen-bond acceptors (Lipinski definition) is 3. The highest BCUT2D eigenvalue weighted by Gasteiger charge is 2.13. The third-order valence-corrected chi connectivity index (χ3v) is 2.61. The molecular formula is C13H19NO2. The van der Waals surface area contributed by atoms with Gasteiger partial charge in [-0.1, -0.05) is 38.1 Å². The van der Waals surface area contributed by atoms with Gasteiger partial charge < -0.3 is 10.5 Å². The third-order valence-electron chi connectivity index (χ3n) is 2.61. The number of rotatable bonds is 4. The number of carbonyl (C=O) groups excluding carboxylic acids is 1. The third kappa shape index (κ3) is 3.35. The van der Waals surface area contributed by atoms with Crippen molar-refractivity contribution in [1.29, 1.82) is 0 Å². The average molecular weight is 221 g/mol. The van der Waals surface area contributed by atoms with E-state index in [2.05, 4.69) is 30.7 Å². The predicted octanol–water partition coefficient (Wildman–Crippen LogP) is 1.85. The Morgan fingerprint density at radius 3 is 2.31 bits per heavy atom. The fourth-order valence-corrected chi connectivity index (χ4v) is 1.53. The molecular weight excluding hydrogens is 202 g/mol. The minimum absolute atomic E-state index is 0.368. The van der Waals surface area contributed by atoms with Crippen LogP contribution in [0.25, 0.3) is 0 Å². The maximum Gasteiger partial charge on any atom is 0.322 e. The molecule has 0 saturated heterocycles. The largest absolute Gasteiger partial charge is 0.468 e. The highest BCUT2D eigenvalue weighted by molar-refractivity contribution is 5.75. The molecule has 1 aromatic rings. The van der Waals surface area contributed by atoms with Crippen LogP contribution in [-0.4, -0.2) is 19.1 Å². The van der Waals surface area contributed by atoms with Gasteiger partial charge in [0, 0.05) is 0 Å². The highest BCUT2D eigenvalue weighted by atomic mass is 16.5. The molecule has 1 atom stereocenters. The zero-order valence-electron chi connectivity index (χ0n) is 10.1. The summed E-state index contributed by atoms with van der Waals surface area (Å²) in [6, 6.07) is 7.60. The standard InChI is InChI=1S/C13H19NO2/c1-9(2)11-6-4-10(5-7-11)8-12(14)13(15)16-3/h4-7,9,12H,8,14H2,1-3H3/t12-/m0/s1. The predicted molar refractivity (Wildman–Crippen MR) is 64.2 cm³/mol. The minimum atomic E-state index is -0.574. The molecule has 0 amide bonds. The molecule has 0 spiro atoms. The van der Waals surface area contributed by atoms with E-state index in [1.165, 1.54) is 12.7 Å². The van der Waals surface area contributed by atoms with Crippen LogP contribution in [-0.2, 0) is 16.0 Å². The molecule has 0 aliphatic carbocycles. The number of esters is 1. The molecule has 0 radical (unpaired) electrons. The minimum Gasteiger partial charge on any atom is -0.468 e. The van der Waals surface area contributed by atoms with E-state index < -0.39 is 6.04 Å². The van der Waals surface area contributed by atoms with Crippen LogP contribution in [0.5, 0.6) is 0 Å². The molecule has 0 aromatic heterocycles. The van der Waals surface area contributed by atoms with Crippen LogP contribution in [0.3, 0.4) is 0 Å². The fraction of sp³-hybridized carbons (Fsp3) is 0.462. The molecule has 2 N–H and O–H groups in total. The van der Waals surface area contributed by atoms with Gasteiger partial charge in [0.1, 0.15) is 6.04 Å². The SMILES string of the molecule is COC(=O)[C@@H](N)Cc1ccc(C(C)C)cc1. The first-order valence-electron chi connectivity index (χ1n) is 5.47. The first kappa shape index (κ1) is 12.7. The topological polar surface area (TPSA) is 52.3 Å². The lowest BCUT2D eigenvalue weighted by molar-refractivity contribution is -0.142. The number of carbonyl (C=O) groups is 1. The van der Waals surface area contributed by atoms with Gasteiger partial charge in [0.2, 0.25) is 0 Å². The summed E-state index contributed by atoms with van der Waals surface area (Å²) in [4.78, 5) is 11.1. The van der Waals surface area contributed by atoms with E-state index in [-0.39, 0.29) is 5.97 Å². The second kappa shape index (κ2) is 5.66. The molecule has 1 aromatic carbocycles. The van der Waals surface area contributed by atoms with Gasteiger partial charge >= 0.3 is 5.97 Å². The van der Waals surface area contributed by atoms with Gasteiger partial charge in [-0.05, 0) is 23.5 Å². The summed E-state index contributed by atoms with van der Waals surface area (Å²) < 4.78 is 4.58. The summed E-state index contributed by atoms with van der Waals surface area (Å²) in [5.74, 6) is 0.149. The molecule has 0 saturated carbocycles. The van der Waals surface area contributed by atoms with Crippen LogP contribution >= 0.6 is 0 Å². The lowest BCUT2D eigenvalue weighted by Gasteiger charge is -2.10. The van der Waals surface area contributed by atoms with Crippen molar-refractivity contribution in [2.45, 2.75) is 32.2 Å². The Labute approximate surface area is 96.6 Å². The molecule has 88 valence electrons. The Morgan fingerprint density at radius 1 is 1.31 bits per heavy atom. The number of nitrogens with two attached hydrogens (primary N) is 1. The lowest BCUT2D eigenvalue weighted by atomic mass is 9.99. The van der Waals surface area contributed by atoms with Crippen LogP contribution in [0, 0.1) is 0 Å². The van der Waals surface area contributed by atoms with Crippen molar-refractivity contribution in [2.24, 2.45) is 5.73 Å². The van der Waals surface area contributed by atoms with Gasteiger partial charge in [-0.2, -0.15) is 0 Å². The summed E-state index contributed by atoms with van der Waals surface area (Å²) in [6.07, 6.45) is 0.519. The molecule has 0 unspecified atom stereocenters. The van der Waals surface area contributed by atoms with E-state index in [0.717, 1.165) is 5.56 Å². The Bertz CT molecular complexity index is 343. The van der Waals surface area contributed by atoms with Crippen molar-refractivity contribution in [3.8, 4) is 0 Å². The van der Waals surface area contributed by atoms with E-state index in [0.29, 0.717) is 12.3 Å². The Morgan fingerprint density at radius 2 is 1.88 bits per heavy atom. The molecule has 16 heavy (non-hydrogen) atoms. The van der Waals surface area contributed by atoms with Gasteiger partial charge in [-0.15, -0.1) is 0 Å². The van der Waals surface area contributed by atoms with Crippen molar-refractivity contribution in [1.82, 2.24) is 0 Å². The fourth-order valence-electron chi connectivity index (χ4n) is 1.53. The van der Waals surface area contributed by atoms with Gasteiger partial charge in [-0.3, -0.25) is 4.79 Å². The summed E-state index contributed by atoms with van der Waals surface area (Å²) in [6.45, 7) is 4.30. The van der Waals surface area contributed by atoms with Crippen molar-refractivity contribution < 1.29 is 9.53 Å². The summed E-state index contributed by atoms with van der Waals surface area (Å²) in [5, 5.41) is 0.